The maximum absolute atomic E-state index is 11.5. The quantitative estimate of drug-likeness (QED) is 0.412. The second kappa shape index (κ2) is 5.05. The normalized spacial score (nSPS) is 25.8. The van der Waals surface area contributed by atoms with Gasteiger partial charge in [-0.05, 0) is 19.3 Å². The number of hydrogen-bond acceptors (Lipinski definition) is 2. The van der Waals surface area contributed by atoms with Gasteiger partial charge in [0.05, 0.1) is 6.26 Å². The largest absolute Gasteiger partial charge is 0.515 e. The SMILES string of the molecule is CCCCCC1CCC(=CO)C1=O. The van der Waals surface area contributed by atoms with Gasteiger partial charge in [0.25, 0.3) is 0 Å². The van der Waals surface area contributed by atoms with Crippen molar-refractivity contribution in [3.8, 4) is 0 Å². The summed E-state index contributed by atoms with van der Waals surface area (Å²) in [5.41, 5.74) is 0.626. The first kappa shape index (κ1) is 10.3. The first-order valence-electron chi connectivity index (χ1n) is 5.17. The molecule has 2 heteroatoms. The summed E-state index contributed by atoms with van der Waals surface area (Å²) < 4.78 is 0. The number of allylic oxidation sites excluding steroid dienone is 1. The fourth-order valence-electron chi connectivity index (χ4n) is 1.89. The zero-order valence-corrected chi connectivity index (χ0v) is 8.25. The molecule has 13 heavy (non-hydrogen) atoms. The fourth-order valence-corrected chi connectivity index (χ4v) is 1.89. The smallest absolute Gasteiger partial charge is 0.164 e. The third-order valence-electron chi connectivity index (χ3n) is 2.76. The van der Waals surface area contributed by atoms with Crippen molar-refractivity contribution in [3.05, 3.63) is 11.8 Å². The molecule has 1 saturated carbocycles. The molecule has 0 aromatic heterocycles. The molecule has 1 aliphatic carbocycles. The summed E-state index contributed by atoms with van der Waals surface area (Å²) in [7, 11) is 0. The highest BCUT2D eigenvalue weighted by molar-refractivity contribution is 5.98. The van der Waals surface area contributed by atoms with Crippen LogP contribution in [0.4, 0.5) is 0 Å². The summed E-state index contributed by atoms with van der Waals surface area (Å²) in [6.07, 6.45) is 7.25. The number of aliphatic hydroxyl groups excluding tert-OH is 1. The molecule has 0 aromatic carbocycles. The molecular weight excluding hydrogens is 164 g/mol. The number of ketones is 1. The predicted octanol–water partition coefficient (Wildman–Crippen LogP) is 2.99. The Morgan fingerprint density at radius 3 is 2.85 bits per heavy atom. The minimum Gasteiger partial charge on any atom is -0.515 e. The lowest BCUT2D eigenvalue weighted by Crippen LogP contribution is -2.07. The van der Waals surface area contributed by atoms with Crippen molar-refractivity contribution in [1.82, 2.24) is 0 Å². The molecule has 1 fully saturated rings. The van der Waals surface area contributed by atoms with Crippen LogP contribution < -0.4 is 0 Å². The maximum atomic E-state index is 11.5. The van der Waals surface area contributed by atoms with E-state index >= 15 is 0 Å². The van der Waals surface area contributed by atoms with Gasteiger partial charge in [-0.1, -0.05) is 26.2 Å². The molecule has 0 aliphatic heterocycles. The average molecular weight is 182 g/mol. The van der Waals surface area contributed by atoms with E-state index < -0.39 is 0 Å². The second-order valence-corrected chi connectivity index (χ2v) is 3.75. The highest BCUT2D eigenvalue weighted by Crippen LogP contribution is 2.30. The number of Topliss-reactive ketones (excluding diaryl/α,β-unsaturated/α-hetero) is 1. The molecule has 2 nitrogen and oxygen atoms in total. The Morgan fingerprint density at radius 1 is 1.54 bits per heavy atom. The van der Waals surface area contributed by atoms with Crippen LogP contribution in [0, 0.1) is 5.92 Å². The van der Waals surface area contributed by atoms with Gasteiger partial charge in [0.2, 0.25) is 0 Å². The van der Waals surface area contributed by atoms with Crippen LogP contribution in [-0.4, -0.2) is 10.9 Å². The van der Waals surface area contributed by atoms with Gasteiger partial charge in [0.1, 0.15) is 0 Å². The van der Waals surface area contributed by atoms with E-state index in [1.54, 1.807) is 0 Å². The topological polar surface area (TPSA) is 37.3 Å². The van der Waals surface area contributed by atoms with Crippen molar-refractivity contribution < 1.29 is 9.90 Å². The lowest BCUT2D eigenvalue weighted by Gasteiger charge is -2.05. The summed E-state index contributed by atoms with van der Waals surface area (Å²) in [6.45, 7) is 2.16. The third kappa shape index (κ3) is 2.58. The van der Waals surface area contributed by atoms with Gasteiger partial charge in [0, 0.05) is 11.5 Å². The molecule has 74 valence electrons. The molecular formula is C11H18O2. The molecule has 0 saturated heterocycles. The van der Waals surface area contributed by atoms with Crippen molar-refractivity contribution in [1.29, 1.82) is 0 Å². The number of unbranched alkanes of at least 4 members (excludes halogenated alkanes) is 2. The molecule has 1 aliphatic rings. The van der Waals surface area contributed by atoms with E-state index in [1.165, 1.54) is 12.8 Å². The number of rotatable bonds is 4. The molecule has 0 bridgehead atoms. The molecule has 1 unspecified atom stereocenters. The van der Waals surface area contributed by atoms with E-state index in [9.17, 15) is 4.79 Å². The summed E-state index contributed by atoms with van der Waals surface area (Å²) in [4.78, 5) is 11.5. The predicted molar refractivity (Wildman–Crippen MR) is 52.6 cm³/mol. The Morgan fingerprint density at radius 2 is 2.31 bits per heavy atom. The summed E-state index contributed by atoms with van der Waals surface area (Å²) in [5.74, 6) is 0.378. The molecule has 1 atom stereocenters. The lowest BCUT2D eigenvalue weighted by atomic mass is 9.99. The van der Waals surface area contributed by atoms with E-state index in [1.807, 2.05) is 0 Å². The molecule has 0 heterocycles. The Balaban J connectivity index is 2.33. The average Bonchev–Trinajstić information content (AvgIpc) is 2.48. The fraction of sp³-hybridized carbons (Fsp3) is 0.727. The van der Waals surface area contributed by atoms with Crippen LogP contribution in [0.2, 0.25) is 0 Å². The van der Waals surface area contributed by atoms with E-state index in [4.69, 9.17) is 5.11 Å². The van der Waals surface area contributed by atoms with Gasteiger partial charge in [-0.3, -0.25) is 4.79 Å². The Labute approximate surface area is 79.6 Å². The number of aliphatic hydroxyl groups is 1. The Hall–Kier alpha value is -0.790. The monoisotopic (exact) mass is 182 g/mol. The summed E-state index contributed by atoms with van der Waals surface area (Å²) in [5, 5.41) is 8.74. The first-order chi connectivity index (χ1) is 6.29. The van der Waals surface area contributed by atoms with Crippen LogP contribution in [0.3, 0.4) is 0 Å². The highest BCUT2D eigenvalue weighted by Gasteiger charge is 2.28. The van der Waals surface area contributed by atoms with Crippen molar-refractivity contribution >= 4 is 5.78 Å². The molecule has 0 aromatic rings. The number of hydrogen-bond donors (Lipinski definition) is 1. The van der Waals surface area contributed by atoms with Crippen LogP contribution >= 0.6 is 0 Å². The summed E-state index contributed by atoms with van der Waals surface area (Å²) >= 11 is 0. The van der Waals surface area contributed by atoms with Crippen molar-refractivity contribution in [3.63, 3.8) is 0 Å². The van der Waals surface area contributed by atoms with Gasteiger partial charge < -0.3 is 5.11 Å². The van der Waals surface area contributed by atoms with Gasteiger partial charge in [-0.15, -0.1) is 0 Å². The van der Waals surface area contributed by atoms with Gasteiger partial charge in [0.15, 0.2) is 5.78 Å². The standard InChI is InChI=1S/C11H18O2/c1-2-3-4-5-9-6-7-10(8-12)11(9)13/h8-9,12H,2-7H2,1H3. The molecule has 0 amide bonds. The first-order valence-corrected chi connectivity index (χ1v) is 5.17. The second-order valence-electron chi connectivity index (χ2n) is 3.75. The number of carbonyl (C=O) groups excluding carboxylic acids is 1. The molecule has 1 rings (SSSR count). The van der Waals surface area contributed by atoms with E-state index in [2.05, 4.69) is 6.92 Å². The van der Waals surface area contributed by atoms with Crippen LogP contribution in [-0.2, 0) is 4.79 Å². The number of carbonyl (C=O) groups is 1. The minimum atomic E-state index is 0.179. The lowest BCUT2D eigenvalue weighted by molar-refractivity contribution is -0.118. The van der Waals surface area contributed by atoms with Crippen molar-refractivity contribution in [2.24, 2.45) is 5.92 Å². The third-order valence-corrected chi connectivity index (χ3v) is 2.76. The molecule has 1 N–H and O–H groups in total. The highest BCUT2D eigenvalue weighted by atomic mass is 16.2. The van der Waals surface area contributed by atoms with E-state index in [-0.39, 0.29) is 11.7 Å². The van der Waals surface area contributed by atoms with E-state index in [0.717, 1.165) is 31.9 Å². The van der Waals surface area contributed by atoms with Crippen LogP contribution in [0.1, 0.15) is 45.4 Å². The summed E-state index contributed by atoms with van der Waals surface area (Å²) in [6, 6.07) is 0. The molecule has 0 radical (unpaired) electrons. The van der Waals surface area contributed by atoms with Crippen LogP contribution in [0.15, 0.2) is 11.8 Å². The van der Waals surface area contributed by atoms with Gasteiger partial charge >= 0.3 is 0 Å². The van der Waals surface area contributed by atoms with Crippen molar-refractivity contribution in [2.45, 2.75) is 45.4 Å². The van der Waals surface area contributed by atoms with Gasteiger partial charge in [-0.2, -0.15) is 0 Å². The van der Waals surface area contributed by atoms with Crippen LogP contribution in [0.5, 0.6) is 0 Å². The minimum absolute atomic E-state index is 0.179. The Kier molecular flexibility index (Phi) is 4.00. The van der Waals surface area contributed by atoms with E-state index in [0.29, 0.717) is 5.57 Å². The molecule has 0 spiro atoms. The zero-order chi connectivity index (χ0) is 9.68. The van der Waals surface area contributed by atoms with Gasteiger partial charge in [-0.25, -0.2) is 0 Å². The zero-order valence-electron chi connectivity index (χ0n) is 8.25. The van der Waals surface area contributed by atoms with Crippen LogP contribution in [0.25, 0.3) is 0 Å². The maximum Gasteiger partial charge on any atom is 0.164 e. The Bertz CT molecular complexity index is 206. The van der Waals surface area contributed by atoms with Crippen molar-refractivity contribution in [2.75, 3.05) is 0 Å².